The average Bonchev–Trinajstić information content (AvgIpc) is 2.97. The standard InChI is InChI=1S/C17H25N3O/c1-3-6-15-7-9-16(10-8-15)20-13-12-19-17(20)18-11-5-14-21-4-2/h7-10,12-13H,3-6,11,14H2,1-2H3,(H,18,19). The Labute approximate surface area is 127 Å². The van der Waals surface area contributed by atoms with E-state index in [2.05, 4.69) is 46.1 Å². The lowest BCUT2D eigenvalue weighted by Crippen LogP contribution is -2.09. The molecule has 0 saturated carbocycles. The van der Waals surface area contributed by atoms with Gasteiger partial charge in [-0.3, -0.25) is 4.57 Å². The minimum absolute atomic E-state index is 0.777. The predicted octanol–water partition coefficient (Wildman–Crippen LogP) is 3.66. The van der Waals surface area contributed by atoms with Gasteiger partial charge in [-0.2, -0.15) is 0 Å². The third-order valence-corrected chi connectivity index (χ3v) is 3.35. The second-order valence-corrected chi connectivity index (χ2v) is 5.01. The molecule has 2 rings (SSSR count). The summed E-state index contributed by atoms with van der Waals surface area (Å²) in [5.41, 5.74) is 2.52. The van der Waals surface area contributed by atoms with Gasteiger partial charge in [-0.1, -0.05) is 25.5 Å². The van der Waals surface area contributed by atoms with Gasteiger partial charge in [0.05, 0.1) is 0 Å². The van der Waals surface area contributed by atoms with Crippen LogP contribution in [0.4, 0.5) is 5.95 Å². The minimum atomic E-state index is 0.777. The number of ether oxygens (including phenoxy) is 1. The molecule has 2 aromatic rings. The molecule has 0 radical (unpaired) electrons. The monoisotopic (exact) mass is 287 g/mol. The van der Waals surface area contributed by atoms with Gasteiger partial charge in [-0.05, 0) is 37.5 Å². The summed E-state index contributed by atoms with van der Waals surface area (Å²) in [6.45, 7) is 6.65. The first-order chi connectivity index (χ1) is 10.3. The summed E-state index contributed by atoms with van der Waals surface area (Å²) in [4.78, 5) is 4.38. The van der Waals surface area contributed by atoms with Gasteiger partial charge in [-0.15, -0.1) is 0 Å². The van der Waals surface area contributed by atoms with E-state index in [1.54, 1.807) is 0 Å². The molecular weight excluding hydrogens is 262 g/mol. The van der Waals surface area contributed by atoms with E-state index in [0.717, 1.165) is 44.2 Å². The highest BCUT2D eigenvalue weighted by Crippen LogP contribution is 2.16. The highest BCUT2D eigenvalue weighted by Gasteiger charge is 2.04. The average molecular weight is 287 g/mol. The Bertz CT molecular complexity index is 519. The zero-order chi connectivity index (χ0) is 14.9. The molecule has 0 fully saturated rings. The lowest BCUT2D eigenvalue weighted by atomic mass is 10.1. The fraction of sp³-hybridized carbons (Fsp3) is 0.471. The fourth-order valence-electron chi connectivity index (χ4n) is 2.27. The summed E-state index contributed by atoms with van der Waals surface area (Å²) >= 11 is 0. The summed E-state index contributed by atoms with van der Waals surface area (Å²) in [5, 5.41) is 3.36. The van der Waals surface area contributed by atoms with Gasteiger partial charge >= 0.3 is 0 Å². The summed E-state index contributed by atoms with van der Waals surface area (Å²) in [7, 11) is 0. The lowest BCUT2D eigenvalue weighted by Gasteiger charge is -2.10. The molecule has 0 aliphatic rings. The number of anilines is 1. The SMILES string of the molecule is CCCc1ccc(-n2ccnc2NCCCOCC)cc1. The molecule has 1 aromatic carbocycles. The van der Waals surface area contributed by atoms with E-state index >= 15 is 0 Å². The number of aryl methyl sites for hydroxylation is 1. The molecule has 0 unspecified atom stereocenters. The van der Waals surface area contributed by atoms with Crippen molar-refractivity contribution in [3.8, 4) is 5.69 Å². The second kappa shape index (κ2) is 8.47. The van der Waals surface area contributed by atoms with Gasteiger partial charge in [-0.25, -0.2) is 4.98 Å². The molecule has 21 heavy (non-hydrogen) atoms. The van der Waals surface area contributed by atoms with Crippen molar-refractivity contribution in [2.45, 2.75) is 33.1 Å². The smallest absolute Gasteiger partial charge is 0.207 e. The van der Waals surface area contributed by atoms with Gasteiger partial charge < -0.3 is 10.1 Å². The van der Waals surface area contributed by atoms with Crippen LogP contribution in [0.5, 0.6) is 0 Å². The first-order valence-electron chi connectivity index (χ1n) is 7.79. The van der Waals surface area contributed by atoms with Crippen LogP contribution in [0, 0.1) is 0 Å². The van der Waals surface area contributed by atoms with E-state index in [0.29, 0.717) is 0 Å². The molecule has 0 spiro atoms. The van der Waals surface area contributed by atoms with E-state index in [9.17, 15) is 0 Å². The van der Waals surface area contributed by atoms with E-state index in [1.165, 1.54) is 12.0 Å². The predicted molar refractivity (Wildman–Crippen MR) is 87.2 cm³/mol. The van der Waals surface area contributed by atoms with Crippen LogP contribution >= 0.6 is 0 Å². The second-order valence-electron chi connectivity index (χ2n) is 5.01. The summed E-state index contributed by atoms with van der Waals surface area (Å²) in [6, 6.07) is 8.69. The van der Waals surface area contributed by atoms with Crippen molar-refractivity contribution in [1.82, 2.24) is 9.55 Å². The van der Waals surface area contributed by atoms with E-state index in [4.69, 9.17) is 4.74 Å². The Morgan fingerprint density at radius 1 is 1.19 bits per heavy atom. The minimum Gasteiger partial charge on any atom is -0.382 e. The molecule has 1 N–H and O–H groups in total. The number of nitrogens with one attached hydrogen (secondary N) is 1. The molecule has 1 aromatic heterocycles. The van der Waals surface area contributed by atoms with Crippen molar-refractivity contribution in [3.63, 3.8) is 0 Å². The summed E-state index contributed by atoms with van der Waals surface area (Å²) < 4.78 is 7.42. The van der Waals surface area contributed by atoms with Gasteiger partial charge in [0.25, 0.3) is 0 Å². The van der Waals surface area contributed by atoms with Crippen molar-refractivity contribution in [1.29, 1.82) is 0 Å². The molecule has 0 aliphatic heterocycles. The van der Waals surface area contributed by atoms with Crippen molar-refractivity contribution in [3.05, 3.63) is 42.2 Å². The Morgan fingerprint density at radius 3 is 2.71 bits per heavy atom. The van der Waals surface area contributed by atoms with Crippen LogP contribution in [0.3, 0.4) is 0 Å². The zero-order valence-corrected chi connectivity index (χ0v) is 13.0. The molecule has 1 heterocycles. The first-order valence-corrected chi connectivity index (χ1v) is 7.79. The van der Waals surface area contributed by atoms with Crippen LogP contribution in [-0.2, 0) is 11.2 Å². The molecule has 114 valence electrons. The van der Waals surface area contributed by atoms with Crippen molar-refractivity contribution in [2.24, 2.45) is 0 Å². The lowest BCUT2D eigenvalue weighted by molar-refractivity contribution is 0.147. The van der Waals surface area contributed by atoms with Gasteiger partial charge in [0.1, 0.15) is 0 Å². The van der Waals surface area contributed by atoms with Gasteiger partial charge in [0.2, 0.25) is 5.95 Å². The topological polar surface area (TPSA) is 39.1 Å². The van der Waals surface area contributed by atoms with E-state index in [1.807, 2.05) is 19.3 Å². The number of nitrogens with zero attached hydrogens (tertiary/aromatic N) is 2. The third-order valence-electron chi connectivity index (χ3n) is 3.35. The zero-order valence-electron chi connectivity index (χ0n) is 13.0. The first kappa shape index (κ1) is 15.6. The van der Waals surface area contributed by atoms with Crippen molar-refractivity contribution < 1.29 is 4.74 Å². The van der Waals surface area contributed by atoms with Crippen LogP contribution < -0.4 is 5.32 Å². The molecule has 0 aliphatic carbocycles. The maximum absolute atomic E-state index is 5.34. The van der Waals surface area contributed by atoms with Crippen LogP contribution in [0.15, 0.2) is 36.7 Å². The van der Waals surface area contributed by atoms with E-state index in [-0.39, 0.29) is 0 Å². The highest BCUT2D eigenvalue weighted by atomic mass is 16.5. The number of benzene rings is 1. The van der Waals surface area contributed by atoms with E-state index < -0.39 is 0 Å². The molecule has 0 saturated heterocycles. The Kier molecular flexibility index (Phi) is 6.28. The molecule has 0 atom stereocenters. The van der Waals surface area contributed by atoms with Crippen LogP contribution in [-0.4, -0.2) is 29.3 Å². The van der Waals surface area contributed by atoms with Crippen molar-refractivity contribution >= 4 is 5.95 Å². The number of hydrogen-bond acceptors (Lipinski definition) is 3. The van der Waals surface area contributed by atoms with Crippen LogP contribution in [0.25, 0.3) is 5.69 Å². The maximum atomic E-state index is 5.34. The number of imidazole rings is 1. The number of hydrogen-bond donors (Lipinski definition) is 1. The van der Waals surface area contributed by atoms with Gasteiger partial charge in [0, 0.05) is 37.8 Å². The third kappa shape index (κ3) is 4.60. The largest absolute Gasteiger partial charge is 0.382 e. The maximum Gasteiger partial charge on any atom is 0.207 e. The van der Waals surface area contributed by atoms with Crippen molar-refractivity contribution in [2.75, 3.05) is 25.1 Å². The number of rotatable bonds is 9. The number of aromatic nitrogens is 2. The normalized spacial score (nSPS) is 10.8. The molecular formula is C17H25N3O. The van der Waals surface area contributed by atoms with Gasteiger partial charge in [0.15, 0.2) is 0 Å². The Balaban J connectivity index is 1.95. The molecule has 0 amide bonds. The van der Waals surface area contributed by atoms with Crippen LogP contribution in [0.2, 0.25) is 0 Å². The fourth-order valence-corrected chi connectivity index (χ4v) is 2.27. The Morgan fingerprint density at radius 2 is 2.00 bits per heavy atom. The summed E-state index contributed by atoms with van der Waals surface area (Å²) in [5.74, 6) is 0.884. The molecule has 4 nitrogen and oxygen atoms in total. The van der Waals surface area contributed by atoms with Crippen LogP contribution in [0.1, 0.15) is 32.3 Å². The highest BCUT2D eigenvalue weighted by molar-refractivity contribution is 5.42. The Hall–Kier alpha value is -1.81. The molecule has 4 heteroatoms. The summed E-state index contributed by atoms with van der Waals surface area (Å²) in [6.07, 6.45) is 7.10. The quantitative estimate of drug-likeness (QED) is 0.715. The molecule has 0 bridgehead atoms.